The van der Waals surface area contributed by atoms with Crippen LogP contribution in [0.1, 0.15) is 44.8 Å². The second-order valence-electron chi connectivity index (χ2n) is 6.94. The van der Waals surface area contributed by atoms with E-state index in [1.54, 1.807) is 25.1 Å². The van der Waals surface area contributed by atoms with Crippen LogP contribution in [0, 0.1) is 0 Å². The predicted molar refractivity (Wildman–Crippen MR) is 122 cm³/mol. The molecule has 0 bridgehead atoms. The minimum Gasteiger partial charge on any atom is -0.478 e. The number of aromatic nitrogens is 1. The molecule has 3 aromatic rings. The minimum absolute atomic E-state index is 0.138. The Bertz CT molecular complexity index is 1100. The van der Waals surface area contributed by atoms with Gasteiger partial charge in [0, 0.05) is 17.8 Å². The molecule has 160 valence electrons. The number of carbonyl (C=O) groups is 2. The molecule has 0 radical (unpaired) electrons. The van der Waals surface area contributed by atoms with Gasteiger partial charge in [0.05, 0.1) is 22.2 Å². The van der Waals surface area contributed by atoms with Crippen LogP contribution >= 0.6 is 23.2 Å². The van der Waals surface area contributed by atoms with Crippen LogP contribution in [0.2, 0.25) is 10.0 Å². The number of hydrogen-bond acceptors (Lipinski definition) is 4. The van der Waals surface area contributed by atoms with E-state index in [2.05, 4.69) is 15.6 Å². The summed E-state index contributed by atoms with van der Waals surface area (Å²) in [6, 6.07) is 15.1. The van der Waals surface area contributed by atoms with Gasteiger partial charge in [-0.15, -0.1) is 0 Å². The fraction of sp³-hybridized carbons (Fsp3) is 0.174. The van der Waals surface area contributed by atoms with Gasteiger partial charge in [-0.3, -0.25) is 4.79 Å². The molecule has 1 atom stereocenters. The Morgan fingerprint density at radius 1 is 1.03 bits per heavy atom. The largest absolute Gasteiger partial charge is 0.478 e. The smallest absolute Gasteiger partial charge is 0.336 e. The number of pyridine rings is 1. The van der Waals surface area contributed by atoms with Crippen LogP contribution in [0.25, 0.3) is 0 Å². The Morgan fingerprint density at radius 2 is 1.81 bits per heavy atom. The number of carboxylic acid groups (broad SMARTS) is 1. The highest BCUT2D eigenvalue weighted by molar-refractivity contribution is 6.31. The molecule has 8 heteroatoms. The molecule has 0 unspecified atom stereocenters. The van der Waals surface area contributed by atoms with Crippen molar-refractivity contribution >= 4 is 40.9 Å². The zero-order chi connectivity index (χ0) is 22.4. The molecule has 0 saturated carbocycles. The number of nitrogens with zero attached hydrogens (tertiary/aromatic N) is 1. The molecular formula is C23H21Cl2N3O3. The first kappa shape index (κ1) is 22.6. The fourth-order valence-electron chi connectivity index (χ4n) is 3.19. The number of aromatic carboxylic acids is 1. The van der Waals surface area contributed by atoms with E-state index >= 15 is 0 Å². The molecule has 6 nitrogen and oxygen atoms in total. The number of benzene rings is 2. The lowest BCUT2D eigenvalue weighted by Crippen LogP contribution is -2.29. The van der Waals surface area contributed by atoms with Gasteiger partial charge < -0.3 is 15.7 Å². The van der Waals surface area contributed by atoms with E-state index in [-0.39, 0.29) is 11.1 Å². The van der Waals surface area contributed by atoms with Gasteiger partial charge in [0.25, 0.3) is 5.91 Å². The van der Waals surface area contributed by atoms with Crippen LogP contribution < -0.4 is 10.6 Å². The standard InChI is InChI=1S/C23H21Cl2N3O3/c1-14(18-7-2-3-8-19(18)23(30)31)28-22(29)20-12-17(25)13-27-21(20)26-10-9-15-5-4-6-16(24)11-15/h2-8,11-14H,9-10H2,1H3,(H,26,27)(H,28,29)(H,30,31)/t14-/m0/s1. The van der Waals surface area contributed by atoms with Crippen molar-refractivity contribution < 1.29 is 14.7 Å². The maximum atomic E-state index is 12.9. The first-order valence-electron chi connectivity index (χ1n) is 9.62. The van der Waals surface area contributed by atoms with E-state index in [9.17, 15) is 14.7 Å². The van der Waals surface area contributed by atoms with E-state index in [1.807, 2.05) is 24.3 Å². The molecular weight excluding hydrogens is 437 g/mol. The quantitative estimate of drug-likeness (QED) is 0.430. The summed E-state index contributed by atoms with van der Waals surface area (Å²) < 4.78 is 0. The van der Waals surface area contributed by atoms with Crippen LogP contribution in [0.3, 0.4) is 0 Å². The van der Waals surface area contributed by atoms with Crippen molar-refractivity contribution in [3.05, 3.63) is 93.1 Å². The summed E-state index contributed by atoms with van der Waals surface area (Å²) in [4.78, 5) is 28.7. The molecule has 1 aromatic heterocycles. The third-order valence-electron chi connectivity index (χ3n) is 4.70. The summed E-state index contributed by atoms with van der Waals surface area (Å²) in [7, 11) is 0. The number of anilines is 1. The number of carboxylic acids is 1. The third-order valence-corrected chi connectivity index (χ3v) is 5.14. The van der Waals surface area contributed by atoms with Crippen LogP contribution in [-0.4, -0.2) is 28.5 Å². The zero-order valence-electron chi connectivity index (χ0n) is 16.7. The van der Waals surface area contributed by atoms with Gasteiger partial charge in [-0.1, -0.05) is 53.5 Å². The topological polar surface area (TPSA) is 91.3 Å². The molecule has 31 heavy (non-hydrogen) atoms. The van der Waals surface area contributed by atoms with Crippen LogP contribution in [0.15, 0.2) is 60.8 Å². The average molecular weight is 458 g/mol. The normalized spacial score (nSPS) is 11.6. The highest BCUT2D eigenvalue weighted by Crippen LogP contribution is 2.22. The highest BCUT2D eigenvalue weighted by atomic mass is 35.5. The highest BCUT2D eigenvalue weighted by Gasteiger charge is 2.20. The maximum absolute atomic E-state index is 12.9. The summed E-state index contributed by atoms with van der Waals surface area (Å²) >= 11 is 12.1. The first-order valence-corrected chi connectivity index (χ1v) is 10.4. The first-order chi connectivity index (χ1) is 14.8. The van der Waals surface area contributed by atoms with E-state index in [0.29, 0.717) is 34.4 Å². The van der Waals surface area contributed by atoms with Crippen LogP contribution in [0.4, 0.5) is 5.82 Å². The molecule has 0 aliphatic carbocycles. The fourth-order valence-corrected chi connectivity index (χ4v) is 3.56. The lowest BCUT2D eigenvalue weighted by atomic mass is 10.0. The summed E-state index contributed by atoms with van der Waals surface area (Å²) in [6.07, 6.45) is 2.15. The van der Waals surface area contributed by atoms with Gasteiger partial charge in [-0.25, -0.2) is 9.78 Å². The average Bonchev–Trinajstić information content (AvgIpc) is 2.74. The number of nitrogens with one attached hydrogen (secondary N) is 2. The van der Waals surface area contributed by atoms with E-state index in [0.717, 1.165) is 5.56 Å². The van der Waals surface area contributed by atoms with Gasteiger partial charge in [0.2, 0.25) is 0 Å². The summed E-state index contributed by atoms with van der Waals surface area (Å²) in [5.41, 5.74) is 1.98. The molecule has 1 amide bonds. The number of carbonyl (C=O) groups excluding carboxylic acids is 1. The second kappa shape index (κ2) is 10.3. The summed E-state index contributed by atoms with van der Waals surface area (Å²) in [6.45, 7) is 2.26. The Balaban J connectivity index is 1.73. The molecule has 0 aliphatic rings. The number of halogens is 2. The number of amides is 1. The Hall–Kier alpha value is -3.09. The molecule has 1 heterocycles. The molecule has 3 rings (SSSR count). The van der Waals surface area contributed by atoms with Gasteiger partial charge in [0.1, 0.15) is 5.82 Å². The van der Waals surface area contributed by atoms with Gasteiger partial charge in [-0.05, 0) is 48.7 Å². The van der Waals surface area contributed by atoms with Crippen molar-refractivity contribution in [1.29, 1.82) is 0 Å². The zero-order valence-corrected chi connectivity index (χ0v) is 18.2. The van der Waals surface area contributed by atoms with Crippen molar-refractivity contribution in [3.8, 4) is 0 Å². The molecule has 0 spiro atoms. The van der Waals surface area contributed by atoms with Crippen molar-refractivity contribution in [2.75, 3.05) is 11.9 Å². The summed E-state index contributed by atoms with van der Waals surface area (Å²) in [5, 5.41) is 16.4. The number of rotatable bonds is 8. The number of hydrogen-bond donors (Lipinski definition) is 3. The van der Waals surface area contributed by atoms with E-state index in [1.165, 1.54) is 18.3 Å². The lowest BCUT2D eigenvalue weighted by molar-refractivity contribution is 0.0693. The van der Waals surface area contributed by atoms with Gasteiger partial charge >= 0.3 is 5.97 Å². The predicted octanol–water partition coefficient (Wildman–Crippen LogP) is 5.23. The molecule has 0 saturated heterocycles. The van der Waals surface area contributed by atoms with Crippen molar-refractivity contribution in [3.63, 3.8) is 0 Å². The van der Waals surface area contributed by atoms with Crippen molar-refractivity contribution in [2.24, 2.45) is 0 Å². The molecule has 3 N–H and O–H groups in total. The van der Waals surface area contributed by atoms with Crippen LogP contribution in [0.5, 0.6) is 0 Å². The SMILES string of the molecule is C[C@H](NC(=O)c1cc(Cl)cnc1NCCc1cccc(Cl)c1)c1ccccc1C(=O)O. The van der Waals surface area contributed by atoms with E-state index in [4.69, 9.17) is 23.2 Å². The van der Waals surface area contributed by atoms with E-state index < -0.39 is 17.9 Å². The Kier molecular flexibility index (Phi) is 7.50. The third kappa shape index (κ3) is 5.96. The maximum Gasteiger partial charge on any atom is 0.336 e. The second-order valence-corrected chi connectivity index (χ2v) is 7.82. The van der Waals surface area contributed by atoms with Crippen molar-refractivity contribution in [1.82, 2.24) is 10.3 Å². The Morgan fingerprint density at radius 3 is 2.55 bits per heavy atom. The monoisotopic (exact) mass is 457 g/mol. The van der Waals surface area contributed by atoms with Gasteiger partial charge in [-0.2, -0.15) is 0 Å². The lowest BCUT2D eigenvalue weighted by Gasteiger charge is -2.18. The molecule has 2 aromatic carbocycles. The molecule has 0 aliphatic heterocycles. The summed E-state index contributed by atoms with van der Waals surface area (Å²) in [5.74, 6) is -1.07. The van der Waals surface area contributed by atoms with Gasteiger partial charge in [0.15, 0.2) is 0 Å². The minimum atomic E-state index is -1.05. The molecule has 0 fully saturated rings. The van der Waals surface area contributed by atoms with Crippen LogP contribution in [-0.2, 0) is 6.42 Å². The van der Waals surface area contributed by atoms with Crippen molar-refractivity contribution in [2.45, 2.75) is 19.4 Å². The Labute approximate surface area is 190 Å².